The van der Waals surface area contributed by atoms with E-state index in [0.29, 0.717) is 63.6 Å². The summed E-state index contributed by atoms with van der Waals surface area (Å²) in [6.45, 7) is 14.8. The summed E-state index contributed by atoms with van der Waals surface area (Å²) in [5.41, 5.74) is 5.38. The van der Waals surface area contributed by atoms with Gasteiger partial charge in [-0.15, -0.1) is 0 Å². The molecule has 18 nitrogen and oxygen atoms in total. The number of benzene rings is 2. The number of hydrazine groups is 1. The second kappa shape index (κ2) is 25.4. The van der Waals surface area contributed by atoms with E-state index >= 15 is 0 Å². The van der Waals surface area contributed by atoms with E-state index in [0.717, 1.165) is 51.5 Å². The third-order valence-corrected chi connectivity index (χ3v) is 15.4. The first-order chi connectivity index (χ1) is 37.0. The highest BCUT2D eigenvalue weighted by Gasteiger charge is 2.44. The van der Waals surface area contributed by atoms with E-state index in [9.17, 15) is 33.9 Å². The van der Waals surface area contributed by atoms with Crippen molar-refractivity contribution < 1.29 is 52.8 Å². The molecule has 1 spiro atoms. The van der Waals surface area contributed by atoms with Gasteiger partial charge in [-0.25, -0.2) is 10.2 Å². The van der Waals surface area contributed by atoms with Gasteiger partial charge in [0.05, 0.1) is 57.5 Å². The lowest BCUT2D eigenvalue weighted by Crippen LogP contribution is -2.61. The zero-order chi connectivity index (χ0) is 56.5. The smallest absolute Gasteiger partial charge is 0.408 e. The Hall–Kier alpha value is -6.76. The zero-order valence-electron chi connectivity index (χ0n) is 46.9. The Morgan fingerprint density at radius 1 is 0.808 bits per heavy atom. The van der Waals surface area contributed by atoms with Crippen LogP contribution in [0.5, 0.6) is 0 Å². The first-order valence-corrected chi connectivity index (χ1v) is 27.4. The van der Waals surface area contributed by atoms with Crippen LogP contribution in [0.2, 0.25) is 0 Å². The van der Waals surface area contributed by atoms with Gasteiger partial charge in [0, 0.05) is 31.5 Å². The number of carboxylic acid groups (broad SMARTS) is 1. The first kappa shape index (κ1) is 58.9. The molecule has 4 heterocycles. The number of carbonyl (C=O) groups excluding carboxylic acids is 5. The van der Waals surface area contributed by atoms with Gasteiger partial charge in [-0.1, -0.05) is 74.5 Å². The molecule has 2 aliphatic carbocycles. The average molecular weight is 1070 g/mol. The molecule has 420 valence electrons. The van der Waals surface area contributed by atoms with E-state index in [1.54, 1.807) is 21.1 Å². The summed E-state index contributed by atoms with van der Waals surface area (Å²) in [5.74, 6) is -2.74. The minimum Gasteiger partial charge on any atom is -0.481 e. The largest absolute Gasteiger partial charge is 0.481 e. The number of pyridine rings is 2. The number of hydrogen-bond donors (Lipinski definition) is 5. The highest BCUT2D eigenvalue weighted by molar-refractivity contribution is 5.92. The number of aromatic nitrogens is 2. The molecule has 1 saturated heterocycles. The fraction of sp³-hybridized carbons (Fsp3) is 0.533. The lowest BCUT2D eigenvalue weighted by Gasteiger charge is -2.37. The van der Waals surface area contributed by atoms with Crippen molar-refractivity contribution in [3.05, 3.63) is 95.3 Å². The Morgan fingerprint density at radius 3 is 2.06 bits per heavy atom. The number of esters is 1. The Labute approximate surface area is 457 Å². The molecule has 5 atom stereocenters. The SMILES string of the molecule is COC1CCC(/C=C/c2ccc3ccc([C@@H](C)NC(=O)OC(C)(C)C)nc3c2)(C(=O)O)CC1.COC1CCC2(/C=C/c3ccc4ccc(nc4c3)[C@@H](C)NC(=O)[C@@H]3CCCN(N3)C(=O)[C@H](C)NC(=O)[C@H](C(C)C)OC2=O)CC1. The van der Waals surface area contributed by atoms with Gasteiger partial charge in [0.15, 0.2) is 6.10 Å². The lowest BCUT2D eigenvalue weighted by atomic mass is 9.72. The molecule has 18 heteroatoms. The number of nitrogens with zero attached hydrogens (tertiary/aromatic N) is 3. The van der Waals surface area contributed by atoms with Crippen molar-refractivity contribution in [2.24, 2.45) is 16.7 Å². The topological polar surface area (TPSA) is 237 Å². The number of fused-ring (bicyclic) bond motifs is 5. The van der Waals surface area contributed by atoms with Crippen molar-refractivity contribution in [1.82, 2.24) is 36.4 Å². The third kappa shape index (κ3) is 14.7. The number of hydrogen-bond acceptors (Lipinski definition) is 13. The van der Waals surface area contributed by atoms with Crippen LogP contribution in [0.15, 0.2) is 72.8 Å². The monoisotopic (exact) mass is 1070 g/mol. The van der Waals surface area contributed by atoms with E-state index in [1.165, 1.54) is 5.01 Å². The van der Waals surface area contributed by atoms with Crippen LogP contribution >= 0.6 is 0 Å². The molecular weight excluding hydrogens is 995 g/mol. The molecule has 8 rings (SSSR count). The van der Waals surface area contributed by atoms with Crippen LogP contribution in [0, 0.1) is 16.7 Å². The number of carboxylic acids is 1. The van der Waals surface area contributed by atoms with Crippen molar-refractivity contribution in [2.45, 2.75) is 168 Å². The molecule has 0 radical (unpaired) electrons. The Bertz CT molecular complexity index is 2880. The van der Waals surface area contributed by atoms with Crippen molar-refractivity contribution in [1.29, 1.82) is 0 Å². The van der Waals surface area contributed by atoms with Crippen LogP contribution in [-0.4, -0.2) is 113 Å². The van der Waals surface area contributed by atoms with E-state index in [-0.39, 0.29) is 42.0 Å². The average Bonchev–Trinajstić information content (AvgIpc) is 3.44. The maximum atomic E-state index is 14.0. The van der Waals surface area contributed by atoms with E-state index < -0.39 is 58.6 Å². The second-order valence-electron chi connectivity index (χ2n) is 22.7. The predicted octanol–water partition coefficient (Wildman–Crippen LogP) is 9.08. The molecule has 3 fully saturated rings. The van der Waals surface area contributed by atoms with Gasteiger partial charge in [0.2, 0.25) is 5.91 Å². The Balaban J connectivity index is 0.000000238. The molecule has 5 N–H and O–H groups in total. The number of rotatable bonds is 8. The lowest BCUT2D eigenvalue weighted by molar-refractivity contribution is -0.169. The minimum absolute atomic E-state index is 0.0480. The van der Waals surface area contributed by atoms with Gasteiger partial charge in [-0.3, -0.25) is 38.9 Å². The van der Waals surface area contributed by atoms with Crippen LogP contribution in [0.3, 0.4) is 0 Å². The number of alkyl carbamates (subject to hydrolysis) is 1. The van der Waals surface area contributed by atoms with Crippen LogP contribution in [0.25, 0.3) is 34.0 Å². The molecule has 2 saturated carbocycles. The summed E-state index contributed by atoms with van der Waals surface area (Å²) in [6.07, 6.45) is 12.2. The van der Waals surface area contributed by atoms with Gasteiger partial charge >= 0.3 is 18.0 Å². The quantitative estimate of drug-likeness (QED) is 0.104. The highest BCUT2D eigenvalue weighted by Crippen LogP contribution is 2.42. The van der Waals surface area contributed by atoms with Gasteiger partial charge in [0.1, 0.15) is 17.7 Å². The second-order valence-corrected chi connectivity index (χ2v) is 22.7. The highest BCUT2D eigenvalue weighted by atomic mass is 16.6. The predicted molar refractivity (Wildman–Crippen MR) is 297 cm³/mol. The number of carbonyl (C=O) groups is 6. The summed E-state index contributed by atoms with van der Waals surface area (Å²) in [6, 6.07) is 17.3. The van der Waals surface area contributed by atoms with Crippen molar-refractivity contribution in [2.75, 3.05) is 20.8 Å². The number of cyclic esters (lactones) is 1. The minimum atomic E-state index is -1.09. The van der Waals surface area contributed by atoms with Crippen molar-refractivity contribution in [3.63, 3.8) is 0 Å². The molecule has 4 aliphatic rings. The van der Waals surface area contributed by atoms with Crippen LogP contribution in [0.1, 0.15) is 154 Å². The molecule has 2 aliphatic heterocycles. The third-order valence-electron chi connectivity index (χ3n) is 15.4. The van der Waals surface area contributed by atoms with Crippen LogP contribution in [0.4, 0.5) is 4.79 Å². The maximum Gasteiger partial charge on any atom is 0.408 e. The molecule has 2 aromatic heterocycles. The number of methoxy groups -OCH3 is 2. The van der Waals surface area contributed by atoms with E-state index in [4.69, 9.17) is 28.9 Å². The molecular formula is C60H79N7O11. The van der Waals surface area contributed by atoms with Gasteiger partial charge < -0.3 is 40.0 Å². The van der Waals surface area contributed by atoms with Crippen LogP contribution < -0.4 is 21.4 Å². The fourth-order valence-corrected chi connectivity index (χ4v) is 10.5. The maximum absolute atomic E-state index is 14.0. The zero-order valence-corrected chi connectivity index (χ0v) is 46.9. The van der Waals surface area contributed by atoms with E-state index in [1.807, 2.05) is 133 Å². The fourth-order valence-electron chi connectivity index (χ4n) is 10.5. The number of aliphatic carboxylic acids is 1. The molecule has 4 amide bonds. The molecule has 78 heavy (non-hydrogen) atoms. The Morgan fingerprint density at radius 2 is 1.42 bits per heavy atom. The number of nitrogens with one attached hydrogen (secondary N) is 4. The van der Waals surface area contributed by atoms with Gasteiger partial charge in [0.25, 0.3) is 11.8 Å². The summed E-state index contributed by atoms with van der Waals surface area (Å²) >= 11 is 0. The summed E-state index contributed by atoms with van der Waals surface area (Å²) in [7, 11) is 3.35. The standard InChI is InChI=1S/C34H45N5O6.C26H34N2O5/c1-20(2)29-31(41)36-22(4)32(42)39-18-6-7-27(38-39)30(40)35-21(3)26-11-10-24-9-8-23(19-28(24)37-26)12-15-34(33(43)45-29)16-13-25(44-5)14-17-34;1-17(27-24(31)33-25(2,3)4)21-9-8-19-7-6-18(16-22(19)28-21)10-13-26(23(29)30)14-11-20(32-5)12-15-26/h8-12,15,19-22,25,27,29,38H,6-7,13-14,16-18H2,1-5H3,(H,35,40)(H,36,41);6-10,13,16-17,20H,11-12,14-15H2,1-5H3,(H,27,31)(H,29,30)/b15-12+;13-10+/t21-,22+,25?,27+,29+,34?;17-,20?,26?/m11/s1. The van der Waals surface area contributed by atoms with Crippen molar-refractivity contribution in [3.8, 4) is 0 Å². The number of amides is 4. The molecule has 0 unspecified atom stereocenters. The molecule has 5 bridgehead atoms. The van der Waals surface area contributed by atoms with Crippen LogP contribution in [-0.2, 0) is 42.9 Å². The van der Waals surface area contributed by atoms with Gasteiger partial charge in [-0.05, 0) is 147 Å². The molecule has 4 aromatic rings. The number of ether oxygens (including phenoxy) is 4. The van der Waals surface area contributed by atoms with Gasteiger partial charge in [-0.2, -0.15) is 0 Å². The van der Waals surface area contributed by atoms with Crippen molar-refractivity contribution >= 4 is 69.7 Å². The van der Waals surface area contributed by atoms with E-state index in [2.05, 4.69) is 21.4 Å². The summed E-state index contributed by atoms with van der Waals surface area (Å²) in [4.78, 5) is 87.8. The summed E-state index contributed by atoms with van der Waals surface area (Å²) < 4.78 is 22.3. The normalized spacial score (nSPS) is 27.3. The molecule has 2 aromatic carbocycles. The Kier molecular flexibility index (Phi) is 19.2. The first-order valence-electron chi connectivity index (χ1n) is 27.4. The summed E-state index contributed by atoms with van der Waals surface area (Å²) in [5, 5.41) is 21.8.